The van der Waals surface area contributed by atoms with Crippen LogP contribution in [0.2, 0.25) is 0 Å². The van der Waals surface area contributed by atoms with Gasteiger partial charge in [-0.1, -0.05) is 58.9 Å². The number of anilines is 2. The Balaban J connectivity index is 2.48. The molecule has 0 aliphatic rings. The molecule has 0 atom stereocenters. The molecule has 0 amide bonds. The fraction of sp³-hybridized carbons (Fsp3) is 0.429. The number of nitrogens with two attached hydrogens (primary N) is 2. The van der Waals surface area contributed by atoms with Gasteiger partial charge >= 0.3 is 0 Å². The molecule has 0 aliphatic heterocycles. The molecule has 2 rings (SSSR count). The molecule has 0 bridgehead atoms. The summed E-state index contributed by atoms with van der Waals surface area (Å²) < 4.78 is 0. The highest BCUT2D eigenvalue weighted by molar-refractivity contribution is 5.54. The summed E-state index contributed by atoms with van der Waals surface area (Å²) in [6.45, 7) is 11.0. The first-order chi connectivity index (χ1) is 10.8. The van der Waals surface area contributed by atoms with Crippen molar-refractivity contribution in [2.24, 2.45) is 0 Å². The third-order valence-corrected chi connectivity index (χ3v) is 4.68. The zero-order chi connectivity index (χ0) is 17.1. The molecule has 124 valence electrons. The Morgan fingerprint density at radius 3 is 1.43 bits per heavy atom. The van der Waals surface area contributed by atoms with Gasteiger partial charge in [0, 0.05) is 17.3 Å². The minimum absolute atomic E-state index is 0.381. The lowest BCUT2D eigenvalue weighted by atomic mass is 9.84. The van der Waals surface area contributed by atoms with E-state index in [1.807, 2.05) is 12.1 Å². The van der Waals surface area contributed by atoms with Crippen molar-refractivity contribution in [2.45, 2.75) is 58.8 Å². The molecule has 0 unspecified atom stereocenters. The van der Waals surface area contributed by atoms with Crippen molar-refractivity contribution in [2.75, 3.05) is 11.5 Å². The molecule has 23 heavy (non-hydrogen) atoms. The highest BCUT2D eigenvalue weighted by Gasteiger charge is 2.16. The monoisotopic (exact) mass is 310 g/mol. The summed E-state index contributed by atoms with van der Waals surface area (Å²) >= 11 is 0. The van der Waals surface area contributed by atoms with E-state index < -0.39 is 0 Å². The van der Waals surface area contributed by atoms with Crippen LogP contribution in [-0.2, 0) is 0 Å². The Bertz CT molecular complexity index is 614. The van der Waals surface area contributed by atoms with E-state index in [4.69, 9.17) is 11.5 Å². The van der Waals surface area contributed by atoms with E-state index in [2.05, 4.69) is 58.9 Å². The van der Waals surface area contributed by atoms with Crippen LogP contribution in [-0.4, -0.2) is 0 Å². The van der Waals surface area contributed by atoms with Gasteiger partial charge in [-0.25, -0.2) is 0 Å². The van der Waals surface area contributed by atoms with Gasteiger partial charge in [-0.15, -0.1) is 0 Å². The molecule has 0 spiro atoms. The van der Waals surface area contributed by atoms with E-state index in [0.717, 1.165) is 17.8 Å². The maximum absolute atomic E-state index is 6.14. The number of benzene rings is 2. The van der Waals surface area contributed by atoms with Crippen molar-refractivity contribution in [1.82, 2.24) is 0 Å². The normalized spacial score (nSPS) is 11.7. The summed E-state index contributed by atoms with van der Waals surface area (Å²) in [7, 11) is 0. The number of rotatable bonds is 5. The third kappa shape index (κ3) is 3.69. The molecule has 2 aromatic carbocycles. The quantitative estimate of drug-likeness (QED) is 0.702. The van der Waals surface area contributed by atoms with Gasteiger partial charge in [0.1, 0.15) is 0 Å². The van der Waals surface area contributed by atoms with Crippen LogP contribution < -0.4 is 11.5 Å². The van der Waals surface area contributed by atoms with Crippen molar-refractivity contribution in [3.05, 3.63) is 58.7 Å². The predicted molar refractivity (Wildman–Crippen MR) is 102 cm³/mol. The zero-order valence-electron chi connectivity index (χ0n) is 15.1. The van der Waals surface area contributed by atoms with Crippen molar-refractivity contribution in [3.63, 3.8) is 0 Å². The van der Waals surface area contributed by atoms with E-state index >= 15 is 0 Å². The summed E-state index contributed by atoms with van der Waals surface area (Å²) in [4.78, 5) is 0. The van der Waals surface area contributed by atoms with Crippen LogP contribution in [0.25, 0.3) is 0 Å². The van der Waals surface area contributed by atoms with Crippen LogP contribution in [0.3, 0.4) is 0 Å². The highest BCUT2D eigenvalue weighted by atomic mass is 14.6. The molecule has 0 aromatic heterocycles. The van der Waals surface area contributed by atoms with Gasteiger partial charge < -0.3 is 11.5 Å². The van der Waals surface area contributed by atoms with Crippen molar-refractivity contribution >= 4 is 11.4 Å². The van der Waals surface area contributed by atoms with Crippen molar-refractivity contribution < 1.29 is 0 Å². The van der Waals surface area contributed by atoms with Gasteiger partial charge in [-0.3, -0.25) is 0 Å². The topological polar surface area (TPSA) is 52.0 Å². The van der Waals surface area contributed by atoms with Gasteiger partial charge in [0.25, 0.3) is 0 Å². The number of hydrogen-bond donors (Lipinski definition) is 2. The maximum atomic E-state index is 6.14. The SMILES string of the molecule is CCC(c1ccc(N)c(C(C)C)c1)c1ccc(N)c(C(C)C)c1. The maximum Gasteiger partial charge on any atom is 0.0349 e. The summed E-state index contributed by atoms with van der Waals surface area (Å²) in [5.74, 6) is 1.25. The first-order valence-electron chi connectivity index (χ1n) is 8.63. The van der Waals surface area contributed by atoms with E-state index in [0.29, 0.717) is 17.8 Å². The molecule has 4 N–H and O–H groups in total. The molecule has 0 heterocycles. The smallest absolute Gasteiger partial charge is 0.0349 e. The van der Waals surface area contributed by atoms with Gasteiger partial charge in [0.2, 0.25) is 0 Å². The molecular formula is C21H30N2. The fourth-order valence-electron chi connectivity index (χ4n) is 3.28. The molecule has 0 fully saturated rings. The largest absolute Gasteiger partial charge is 0.398 e. The van der Waals surface area contributed by atoms with E-state index in [1.165, 1.54) is 22.3 Å². The minimum atomic E-state index is 0.381. The highest BCUT2D eigenvalue weighted by Crippen LogP contribution is 2.34. The Kier molecular flexibility index (Phi) is 5.35. The van der Waals surface area contributed by atoms with E-state index in [-0.39, 0.29) is 0 Å². The zero-order valence-corrected chi connectivity index (χ0v) is 15.1. The van der Waals surface area contributed by atoms with E-state index in [9.17, 15) is 0 Å². The van der Waals surface area contributed by atoms with Crippen LogP contribution in [0.1, 0.15) is 81.0 Å². The molecule has 2 aromatic rings. The van der Waals surface area contributed by atoms with Crippen LogP contribution in [0.15, 0.2) is 36.4 Å². The van der Waals surface area contributed by atoms with Gasteiger partial charge in [0.15, 0.2) is 0 Å². The second-order valence-corrected chi connectivity index (χ2v) is 7.05. The lowest BCUT2D eigenvalue weighted by molar-refractivity contribution is 0.765. The minimum Gasteiger partial charge on any atom is -0.398 e. The molecule has 0 saturated carbocycles. The average Bonchev–Trinajstić information content (AvgIpc) is 2.50. The summed E-state index contributed by atoms with van der Waals surface area (Å²) in [6, 6.07) is 13.0. The van der Waals surface area contributed by atoms with Crippen LogP contribution in [0.5, 0.6) is 0 Å². The Hall–Kier alpha value is -1.96. The number of hydrogen-bond acceptors (Lipinski definition) is 2. The summed E-state index contributed by atoms with van der Waals surface area (Å²) in [5.41, 5.74) is 19.2. The van der Waals surface area contributed by atoms with Crippen LogP contribution in [0.4, 0.5) is 11.4 Å². The average molecular weight is 310 g/mol. The molecule has 0 radical (unpaired) electrons. The van der Waals surface area contributed by atoms with Gasteiger partial charge in [0.05, 0.1) is 0 Å². The van der Waals surface area contributed by atoms with E-state index in [1.54, 1.807) is 0 Å². The molecule has 0 saturated heterocycles. The van der Waals surface area contributed by atoms with Gasteiger partial charge in [-0.2, -0.15) is 0 Å². The Morgan fingerprint density at radius 2 is 1.13 bits per heavy atom. The fourth-order valence-corrected chi connectivity index (χ4v) is 3.28. The molecule has 2 nitrogen and oxygen atoms in total. The third-order valence-electron chi connectivity index (χ3n) is 4.68. The van der Waals surface area contributed by atoms with Crippen molar-refractivity contribution in [3.8, 4) is 0 Å². The standard InChI is InChI=1S/C21H30N2/c1-6-17(15-7-9-20(22)18(11-15)13(2)3)16-8-10-21(23)19(12-16)14(4)5/h7-14,17H,6,22-23H2,1-5H3. The summed E-state index contributed by atoms with van der Waals surface area (Å²) in [6.07, 6.45) is 1.06. The first-order valence-corrected chi connectivity index (χ1v) is 8.63. The second-order valence-electron chi connectivity index (χ2n) is 7.05. The lowest BCUT2D eigenvalue weighted by Crippen LogP contribution is -2.05. The Labute approximate surface area is 140 Å². The number of nitrogen functional groups attached to an aromatic ring is 2. The van der Waals surface area contributed by atoms with Crippen LogP contribution in [0, 0.1) is 0 Å². The molecule has 2 heteroatoms. The lowest BCUT2D eigenvalue weighted by Gasteiger charge is -2.21. The predicted octanol–water partition coefficient (Wildman–Crippen LogP) is 5.64. The van der Waals surface area contributed by atoms with Crippen molar-refractivity contribution in [1.29, 1.82) is 0 Å². The van der Waals surface area contributed by atoms with Crippen LogP contribution >= 0.6 is 0 Å². The first kappa shape index (κ1) is 17.4. The molecular weight excluding hydrogens is 280 g/mol. The summed E-state index contributed by atoms with van der Waals surface area (Å²) in [5, 5.41) is 0. The Morgan fingerprint density at radius 1 is 0.739 bits per heavy atom. The molecule has 0 aliphatic carbocycles. The second kappa shape index (κ2) is 7.08. The van der Waals surface area contributed by atoms with Gasteiger partial charge in [-0.05, 0) is 52.6 Å².